The summed E-state index contributed by atoms with van der Waals surface area (Å²) in [6, 6.07) is 5.81. The third kappa shape index (κ3) is 4.67. The monoisotopic (exact) mass is 541 g/mol. The van der Waals surface area contributed by atoms with Gasteiger partial charge in [0.1, 0.15) is 10.3 Å². The van der Waals surface area contributed by atoms with Crippen molar-refractivity contribution in [2.45, 2.75) is 36.1 Å². The molecule has 1 amide bonds. The summed E-state index contributed by atoms with van der Waals surface area (Å²) in [5.74, 6) is 0.635. The summed E-state index contributed by atoms with van der Waals surface area (Å²) in [6.45, 7) is 4.49. The smallest absolute Gasteiger partial charge is 0.266 e. The lowest BCUT2D eigenvalue weighted by Gasteiger charge is -2.31. The Morgan fingerprint density at radius 2 is 1.97 bits per heavy atom. The fourth-order valence-electron chi connectivity index (χ4n) is 3.95. The number of fused-ring (bicyclic) bond motifs is 1. The molecule has 0 aliphatic carbocycles. The van der Waals surface area contributed by atoms with E-state index in [4.69, 9.17) is 21.1 Å². The van der Waals surface area contributed by atoms with Crippen LogP contribution >= 0.6 is 34.3 Å². The topological polar surface area (TPSA) is 90.2 Å². The van der Waals surface area contributed by atoms with E-state index >= 15 is 0 Å². The zero-order chi connectivity index (χ0) is 24.5. The Morgan fingerprint density at radius 3 is 2.62 bits per heavy atom. The molecule has 0 spiro atoms. The second-order valence-corrected chi connectivity index (χ2v) is 12.4. The highest BCUT2D eigenvalue weighted by Crippen LogP contribution is 2.34. The maximum atomic E-state index is 13.4. The van der Waals surface area contributed by atoms with Gasteiger partial charge in [-0.3, -0.25) is 4.79 Å². The van der Waals surface area contributed by atoms with Crippen molar-refractivity contribution < 1.29 is 22.7 Å². The molecule has 1 unspecified atom stereocenters. The van der Waals surface area contributed by atoms with Gasteiger partial charge in [0.15, 0.2) is 16.3 Å². The highest BCUT2D eigenvalue weighted by molar-refractivity contribution is 7.91. The summed E-state index contributed by atoms with van der Waals surface area (Å²) in [6.07, 6.45) is 3.55. The van der Waals surface area contributed by atoms with Crippen LogP contribution in [0.15, 0.2) is 46.1 Å². The fourth-order valence-corrected chi connectivity index (χ4v) is 8.27. The number of carbonyl (C=O) groups is 1. The lowest BCUT2D eigenvalue weighted by molar-refractivity contribution is -0.122. The molecule has 3 aromatic rings. The van der Waals surface area contributed by atoms with Crippen LogP contribution in [0.5, 0.6) is 11.5 Å². The van der Waals surface area contributed by atoms with Crippen LogP contribution in [0, 0.1) is 0 Å². The first kappa shape index (κ1) is 24.9. The molecule has 1 aliphatic heterocycles. The van der Waals surface area contributed by atoms with Crippen LogP contribution in [-0.2, 0) is 21.4 Å². The number of amides is 1. The third-order valence-electron chi connectivity index (χ3n) is 5.56. The van der Waals surface area contributed by atoms with Gasteiger partial charge in [0.05, 0.1) is 28.8 Å². The van der Waals surface area contributed by atoms with Crippen molar-refractivity contribution in [2.75, 3.05) is 20.8 Å². The first-order valence-electron chi connectivity index (χ1n) is 10.5. The van der Waals surface area contributed by atoms with E-state index in [-0.39, 0.29) is 10.8 Å². The Hall–Kier alpha value is -2.18. The molecule has 0 saturated carbocycles. The van der Waals surface area contributed by atoms with Crippen LogP contribution in [0.25, 0.3) is 10.2 Å². The third-order valence-corrected chi connectivity index (χ3v) is 10.2. The van der Waals surface area contributed by atoms with Gasteiger partial charge < -0.3 is 14.0 Å². The number of sulfonamides is 1. The summed E-state index contributed by atoms with van der Waals surface area (Å²) >= 11 is 8.27. The van der Waals surface area contributed by atoms with Crippen LogP contribution < -0.4 is 14.3 Å². The van der Waals surface area contributed by atoms with E-state index in [0.29, 0.717) is 40.0 Å². The van der Waals surface area contributed by atoms with Crippen molar-refractivity contribution in [1.29, 1.82) is 0 Å². The number of methoxy groups -OCH3 is 2. The van der Waals surface area contributed by atoms with Crippen molar-refractivity contribution in [2.24, 2.45) is 4.99 Å². The number of thiophene rings is 1. The molecule has 0 bridgehead atoms. The highest BCUT2D eigenvalue weighted by Gasteiger charge is 2.38. The van der Waals surface area contributed by atoms with Crippen molar-refractivity contribution in [3.05, 3.63) is 46.1 Å². The zero-order valence-electron chi connectivity index (χ0n) is 18.7. The minimum atomic E-state index is -3.86. The molecule has 1 aromatic carbocycles. The maximum absolute atomic E-state index is 13.4. The molecule has 3 heterocycles. The average Bonchev–Trinajstić information content (AvgIpc) is 3.42. The lowest BCUT2D eigenvalue weighted by Crippen LogP contribution is -2.47. The van der Waals surface area contributed by atoms with Crippen LogP contribution in [-0.4, -0.2) is 50.0 Å². The number of aromatic nitrogens is 1. The molecular formula is C22H24ClN3O5S3. The second kappa shape index (κ2) is 10.2. The molecule has 1 fully saturated rings. The van der Waals surface area contributed by atoms with E-state index in [2.05, 4.69) is 11.6 Å². The van der Waals surface area contributed by atoms with Gasteiger partial charge in [0, 0.05) is 25.2 Å². The largest absolute Gasteiger partial charge is 0.493 e. The lowest BCUT2D eigenvalue weighted by atomic mass is 10.0. The molecule has 2 aromatic heterocycles. The molecule has 1 aliphatic rings. The molecule has 1 atom stereocenters. The van der Waals surface area contributed by atoms with E-state index in [1.54, 1.807) is 26.4 Å². The minimum absolute atomic E-state index is 0.125. The molecule has 0 radical (unpaired) electrons. The predicted molar refractivity (Wildman–Crippen MR) is 135 cm³/mol. The van der Waals surface area contributed by atoms with E-state index in [1.165, 1.54) is 21.7 Å². The van der Waals surface area contributed by atoms with E-state index < -0.39 is 22.0 Å². The van der Waals surface area contributed by atoms with Crippen LogP contribution in [0.2, 0.25) is 4.34 Å². The van der Waals surface area contributed by atoms with E-state index in [1.807, 2.05) is 16.7 Å². The molecule has 0 N–H and O–H groups in total. The standard InChI is InChI=1S/C22H24ClN3O5S3/c1-4-10-25-15-12-16(30-2)17(31-3)13-18(15)32-22(25)24-21(27)14-7-5-6-11-26(14)34(28,29)20-9-8-19(23)33-20/h4,8-9,12-14H,1,5-7,10-11H2,2-3H3. The zero-order valence-corrected chi connectivity index (χ0v) is 21.9. The number of halogens is 1. The fraction of sp³-hybridized carbons (Fsp3) is 0.364. The van der Waals surface area contributed by atoms with E-state index in [9.17, 15) is 13.2 Å². The number of benzene rings is 1. The van der Waals surface area contributed by atoms with Gasteiger partial charge in [-0.2, -0.15) is 9.30 Å². The minimum Gasteiger partial charge on any atom is -0.493 e. The van der Waals surface area contributed by atoms with Crippen LogP contribution in [0.3, 0.4) is 0 Å². The van der Waals surface area contributed by atoms with Crippen molar-refractivity contribution in [3.8, 4) is 11.5 Å². The normalized spacial score (nSPS) is 17.7. The summed E-state index contributed by atoms with van der Waals surface area (Å²) in [4.78, 5) is 18.2. The van der Waals surface area contributed by atoms with Gasteiger partial charge in [-0.25, -0.2) is 8.42 Å². The van der Waals surface area contributed by atoms with Crippen molar-refractivity contribution in [1.82, 2.24) is 8.87 Å². The predicted octanol–water partition coefficient (Wildman–Crippen LogP) is 4.29. The molecule has 34 heavy (non-hydrogen) atoms. The SMILES string of the molecule is C=CCn1c(=NC(=O)C2CCCCN2S(=O)(=O)c2ccc(Cl)s2)sc2cc(OC)c(OC)cc21. The molecular weight excluding hydrogens is 518 g/mol. The van der Waals surface area contributed by atoms with Crippen molar-refractivity contribution >= 4 is 60.4 Å². The van der Waals surface area contributed by atoms with Gasteiger partial charge in [-0.1, -0.05) is 35.4 Å². The maximum Gasteiger partial charge on any atom is 0.266 e. The first-order valence-corrected chi connectivity index (χ1v) is 14.0. The average molecular weight is 542 g/mol. The summed E-state index contributed by atoms with van der Waals surface area (Å²) in [5.41, 5.74) is 0.815. The highest BCUT2D eigenvalue weighted by atomic mass is 35.5. The number of hydrogen-bond donors (Lipinski definition) is 0. The quantitative estimate of drug-likeness (QED) is 0.416. The van der Waals surface area contributed by atoms with Gasteiger partial charge in [-0.15, -0.1) is 17.9 Å². The van der Waals surface area contributed by atoms with Crippen LogP contribution in [0.4, 0.5) is 0 Å². The number of allylic oxidation sites excluding steroid dienone is 1. The van der Waals surface area contributed by atoms with Gasteiger partial charge in [0.2, 0.25) is 0 Å². The van der Waals surface area contributed by atoms with Crippen molar-refractivity contribution in [3.63, 3.8) is 0 Å². The van der Waals surface area contributed by atoms with Gasteiger partial charge >= 0.3 is 0 Å². The Morgan fingerprint density at radius 1 is 1.24 bits per heavy atom. The Labute approximate surface area is 210 Å². The number of carbonyl (C=O) groups excluding carboxylic acids is 1. The molecule has 12 heteroatoms. The Kier molecular flexibility index (Phi) is 7.48. The Bertz CT molecular complexity index is 1410. The second-order valence-electron chi connectivity index (χ2n) is 7.59. The van der Waals surface area contributed by atoms with E-state index in [0.717, 1.165) is 28.0 Å². The number of nitrogens with zero attached hydrogens (tertiary/aromatic N) is 3. The molecule has 8 nitrogen and oxygen atoms in total. The number of thiazole rings is 1. The van der Waals surface area contributed by atoms with Gasteiger partial charge in [0.25, 0.3) is 15.9 Å². The van der Waals surface area contributed by atoms with Crippen LogP contribution in [0.1, 0.15) is 19.3 Å². The molecule has 1 saturated heterocycles. The summed E-state index contributed by atoms with van der Waals surface area (Å²) in [7, 11) is -0.741. The summed E-state index contributed by atoms with van der Waals surface area (Å²) < 4.78 is 41.8. The molecule has 182 valence electrons. The number of piperidine rings is 1. The summed E-state index contributed by atoms with van der Waals surface area (Å²) in [5, 5.41) is 0. The van der Waals surface area contributed by atoms with Gasteiger partial charge in [-0.05, 0) is 25.0 Å². The number of hydrogen-bond acceptors (Lipinski definition) is 7. The number of ether oxygens (including phenoxy) is 2. The Balaban J connectivity index is 1.78. The number of rotatable bonds is 7. The first-order chi connectivity index (χ1) is 16.3. The molecule has 4 rings (SSSR count).